The van der Waals surface area contributed by atoms with Crippen molar-refractivity contribution < 1.29 is 15.0 Å². The van der Waals surface area contributed by atoms with Gasteiger partial charge in [-0.05, 0) is 19.3 Å². The molecule has 0 aromatic rings. The van der Waals surface area contributed by atoms with E-state index in [1.54, 1.807) is 0 Å². The molecule has 21 heavy (non-hydrogen) atoms. The van der Waals surface area contributed by atoms with Crippen molar-refractivity contribution in [3.05, 3.63) is 0 Å². The molecule has 0 radical (unpaired) electrons. The zero-order valence-electron chi connectivity index (χ0n) is 14.0. The van der Waals surface area contributed by atoms with Gasteiger partial charge in [-0.25, -0.2) is 0 Å². The highest BCUT2D eigenvalue weighted by Crippen LogP contribution is 2.09. The van der Waals surface area contributed by atoms with Crippen LogP contribution in [0, 0.1) is 11.8 Å². The van der Waals surface area contributed by atoms with Gasteiger partial charge in [0.05, 0.1) is 0 Å². The van der Waals surface area contributed by atoms with Crippen LogP contribution >= 0.6 is 0 Å². The van der Waals surface area contributed by atoms with Gasteiger partial charge in [0.1, 0.15) is 0 Å². The van der Waals surface area contributed by atoms with Crippen LogP contribution in [0.15, 0.2) is 0 Å². The van der Waals surface area contributed by atoms with Gasteiger partial charge >= 0.3 is 0 Å². The van der Waals surface area contributed by atoms with E-state index in [4.69, 9.17) is 15.0 Å². The molecule has 0 spiro atoms. The Kier molecular flexibility index (Phi) is 22.6. The van der Waals surface area contributed by atoms with Gasteiger partial charge in [0.2, 0.25) is 0 Å². The lowest BCUT2D eigenvalue weighted by Gasteiger charge is -1.99. The van der Waals surface area contributed by atoms with Gasteiger partial charge < -0.3 is 10.2 Å². The van der Waals surface area contributed by atoms with Crippen LogP contribution in [0.4, 0.5) is 0 Å². The highest BCUT2D eigenvalue weighted by molar-refractivity contribution is 5.62. The van der Waals surface area contributed by atoms with E-state index < -0.39 is 5.97 Å². The predicted molar refractivity (Wildman–Crippen MR) is 89.2 cm³/mol. The molecule has 3 heteroatoms. The lowest BCUT2D eigenvalue weighted by atomic mass is 10.1. The lowest BCUT2D eigenvalue weighted by molar-refractivity contribution is -0.134. The van der Waals surface area contributed by atoms with E-state index >= 15 is 0 Å². The standard InChI is InChI=1S/C16H30O.C2H4O2/c1-2-3-4-5-6-7-8-9-10-11-12-13-14-15-16-17;1-2(3)4/h17H,2-4,7-16H2,1H3;1H3,(H,3,4). The quantitative estimate of drug-likeness (QED) is 0.426. The first-order valence-electron chi connectivity index (χ1n) is 8.41. The molecule has 0 fully saturated rings. The number of aliphatic hydroxyl groups is 1. The van der Waals surface area contributed by atoms with Gasteiger partial charge in [-0.15, -0.1) is 11.8 Å². The summed E-state index contributed by atoms with van der Waals surface area (Å²) >= 11 is 0. The molecule has 0 saturated heterocycles. The average Bonchev–Trinajstić information content (AvgIpc) is 2.43. The normalized spacial score (nSPS) is 9.29. The summed E-state index contributed by atoms with van der Waals surface area (Å²) < 4.78 is 0. The Morgan fingerprint density at radius 1 is 0.810 bits per heavy atom. The summed E-state index contributed by atoms with van der Waals surface area (Å²) in [7, 11) is 0. The third kappa shape index (κ3) is 32.5. The molecule has 0 bridgehead atoms. The molecule has 124 valence electrons. The van der Waals surface area contributed by atoms with Gasteiger partial charge in [0, 0.05) is 26.4 Å². The van der Waals surface area contributed by atoms with Crippen molar-refractivity contribution in [1.29, 1.82) is 0 Å². The Morgan fingerprint density at radius 3 is 1.62 bits per heavy atom. The van der Waals surface area contributed by atoms with Crippen molar-refractivity contribution in [2.75, 3.05) is 6.61 Å². The lowest BCUT2D eigenvalue weighted by Crippen LogP contribution is -1.84. The summed E-state index contributed by atoms with van der Waals surface area (Å²) in [6.45, 7) is 3.65. The van der Waals surface area contributed by atoms with Crippen LogP contribution in [0.25, 0.3) is 0 Å². The molecule has 2 N–H and O–H groups in total. The summed E-state index contributed by atoms with van der Waals surface area (Å²) in [6.07, 6.45) is 14.8. The van der Waals surface area contributed by atoms with E-state index in [0.717, 1.165) is 26.2 Å². The fraction of sp³-hybridized carbons (Fsp3) is 0.833. The van der Waals surface area contributed by atoms with Crippen LogP contribution in [-0.4, -0.2) is 22.8 Å². The molecule has 0 aliphatic carbocycles. The number of carboxylic acid groups (broad SMARTS) is 1. The van der Waals surface area contributed by atoms with Gasteiger partial charge in [0.25, 0.3) is 5.97 Å². The Bertz CT molecular complexity index is 259. The van der Waals surface area contributed by atoms with E-state index in [2.05, 4.69) is 18.8 Å². The molecule has 0 rings (SSSR count). The minimum absolute atomic E-state index is 0.358. The maximum atomic E-state index is 9.00. The summed E-state index contributed by atoms with van der Waals surface area (Å²) in [5, 5.41) is 16.0. The first-order chi connectivity index (χ1) is 10.1. The second-order valence-corrected chi connectivity index (χ2v) is 5.28. The van der Waals surface area contributed by atoms with Crippen molar-refractivity contribution in [1.82, 2.24) is 0 Å². The molecule has 0 amide bonds. The van der Waals surface area contributed by atoms with E-state index in [1.165, 1.54) is 57.8 Å². The fourth-order valence-corrected chi connectivity index (χ4v) is 1.83. The Hall–Kier alpha value is -1.01. The second-order valence-electron chi connectivity index (χ2n) is 5.28. The van der Waals surface area contributed by atoms with E-state index in [0.29, 0.717) is 6.61 Å². The summed E-state index contributed by atoms with van der Waals surface area (Å²) in [5.74, 6) is 5.67. The SMILES string of the molecule is CC(=O)O.CCCCC#CCCCCCCCCCCO. The zero-order chi connectivity index (χ0) is 16.2. The van der Waals surface area contributed by atoms with E-state index in [9.17, 15) is 0 Å². The minimum Gasteiger partial charge on any atom is -0.481 e. The van der Waals surface area contributed by atoms with Crippen LogP contribution in [0.1, 0.15) is 90.9 Å². The molecule has 0 atom stereocenters. The second kappa shape index (κ2) is 21.3. The number of aliphatic hydroxyl groups excluding tert-OH is 1. The van der Waals surface area contributed by atoms with Crippen molar-refractivity contribution in [2.45, 2.75) is 90.9 Å². The number of rotatable bonds is 11. The number of hydrogen-bond donors (Lipinski definition) is 2. The minimum atomic E-state index is -0.833. The Labute approximate surface area is 131 Å². The van der Waals surface area contributed by atoms with Gasteiger partial charge in [0.15, 0.2) is 0 Å². The predicted octanol–water partition coefficient (Wildman–Crippen LogP) is 4.77. The average molecular weight is 298 g/mol. The third-order valence-electron chi connectivity index (χ3n) is 2.99. The molecule has 0 saturated carbocycles. The van der Waals surface area contributed by atoms with Crippen LogP contribution in [0.2, 0.25) is 0 Å². The molecule has 0 heterocycles. The molecule has 0 aliphatic heterocycles. The third-order valence-corrected chi connectivity index (χ3v) is 2.99. The summed E-state index contributed by atoms with van der Waals surface area (Å²) in [5.41, 5.74) is 0. The smallest absolute Gasteiger partial charge is 0.300 e. The first kappa shape index (κ1) is 22.3. The maximum absolute atomic E-state index is 9.00. The molecule has 0 unspecified atom stereocenters. The van der Waals surface area contributed by atoms with Crippen LogP contribution in [0.3, 0.4) is 0 Å². The van der Waals surface area contributed by atoms with Gasteiger partial charge in [-0.1, -0.05) is 51.9 Å². The number of carbonyl (C=O) groups is 1. The van der Waals surface area contributed by atoms with Crippen molar-refractivity contribution in [2.24, 2.45) is 0 Å². The van der Waals surface area contributed by atoms with Crippen molar-refractivity contribution in [3.8, 4) is 11.8 Å². The van der Waals surface area contributed by atoms with Crippen LogP contribution in [0.5, 0.6) is 0 Å². The summed E-state index contributed by atoms with van der Waals surface area (Å²) in [6, 6.07) is 0. The number of unbranched alkanes of at least 4 members (excludes halogenated alkanes) is 10. The molecular formula is C18H34O3. The van der Waals surface area contributed by atoms with E-state index in [1.807, 2.05) is 0 Å². The highest BCUT2D eigenvalue weighted by atomic mass is 16.4. The molecule has 3 nitrogen and oxygen atoms in total. The van der Waals surface area contributed by atoms with Crippen LogP contribution in [-0.2, 0) is 4.79 Å². The number of carboxylic acids is 1. The van der Waals surface area contributed by atoms with Gasteiger partial charge in [-0.2, -0.15) is 0 Å². The number of aliphatic carboxylic acids is 1. The first-order valence-corrected chi connectivity index (χ1v) is 8.41. The molecule has 0 aromatic carbocycles. The molecule has 0 aromatic heterocycles. The number of hydrogen-bond acceptors (Lipinski definition) is 2. The van der Waals surface area contributed by atoms with Crippen molar-refractivity contribution in [3.63, 3.8) is 0 Å². The fourth-order valence-electron chi connectivity index (χ4n) is 1.83. The largest absolute Gasteiger partial charge is 0.481 e. The monoisotopic (exact) mass is 298 g/mol. The maximum Gasteiger partial charge on any atom is 0.300 e. The van der Waals surface area contributed by atoms with E-state index in [-0.39, 0.29) is 0 Å². The highest BCUT2D eigenvalue weighted by Gasteiger charge is 1.91. The van der Waals surface area contributed by atoms with Gasteiger partial charge in [-0.3, -0.25) is 4.79 Å². The van der Waals surface area contributed by atoms with Crippen LogP contribution < -0.4 is 0 Å². The Morgan fingerprint density at radius 2 is 1.19 bits per heavy atom. The topological polar surface area (TPSA) is 57.5 Å². The Balaban J connectivity index is 0. The molecule has 0 aliphatic rings. The zero-order valence-corrected chi connectivity index (χ0v) is 14.0. The van der Waals surface area contributed by atoms with Crippen molar-refractivity contribution >= 4 is 5.97 Å². The summed E-state index contributed by atoms with van der Waals surface area (Å²) in [4.78, 5) is 9.00. The molecular weight excluding hydrogens is 264 g/mol.